The van der Waals surface area contributed by atoms with Gasteiger partial charge in [-0.3, -0.25) is 58.7 Å². The largest absolute Gasteiger partial charge is 0.322 e. The van der Waals surface area contributed by atoms with Crippen molar-refractivity contribution < 1.29 is 38.4 Å². The third-order valence-corrected chi connectivity index (χ3v) is 24.1. The SMILES string of the molecule is C=Nc1ccccc1C(=N)c1cc(NC(=O)c2ccc(C(=O)c3ccccc3)cc2Cl)ccc1C.Cc1ccc(NC(=O)c2ccc(C(=O)Nc3ccccc3)cc2Cl)cc1-c1ncnc2ccccc12.Cc1ccc(NC(=O)c2ccc(C(=O)Nc3cccnc3)cc2Cl)cc1-c1ncnc2ccccc12.Cc1ccc(NC(=O)c2ccc(C(=O)Nc3ccncc3)cc2Cl)cc1-c1ncnc2ccccc12. The molecule has 29 heteroatoms. The summed E-state index contributed by atoms with van der Waals surface area (Å²) in [5.41, 5.74) is 20.8. The topological polar surface area (TPSA) is 360 Å². The van der Waals surface area contributed by atoms with Gasteiger partial charge >= 0.3 is 0 Å². The zero-order valence-corrected chi connectivity index (χ0v) is 79.8. The molecule has 5 aromatic heterocycles. The Labute approximate surface area is 840 Å². The first-order valence-electron chi connectivity index (χ1n) is 44.4. The normalized spacial score (nSPS) is 10.7. The van der Waals surface area contributed by atoms with E-state index in [-0.39, 0.29) is 89.3 Å². The van der Waals surface area contributed by atoms with Gasteiger partial charge in [-0.2, -0.15) is 0 Å². The van der Waals surface area contributed by atoms with Gasteiger partial charge in [0.25, 0.3) is 41.4 Å². The van der Waals surface area contributed by atoms with Crippen molar-refractivity contribution in [3.63, 3.8) is 0 Å². The highest BCUT2D eigenvalue weighted by molar-refractivity contribution is 6.37. The van der Waals surface area contributed by atoms with Crippen LogP contribution >= 0.6 is 46.4 Å². The van der Waals surface area contributed by atoms with Crippen LogP contribution in [0.25, 0.3) is 66.5 Å². The Hall–Kier alpha value is -18.1. The van der Waals surface area contributed by atoms with Crippen LogP contribution in [0.1, 0.15) is 122 Å². The van der Waals surface area contributed by atoms with Crippen molar-refractivity contribution in [3.8, 4) is 33.8 Å². The Morgan fingerprint density at radius 3 is 1.01 bits per heavy atom. The van der Waals surface area contributed by atoms with Gasteiger partial charge in [0, 0.05) is 125 Å². The van der Waals surface area contributed by atoms with Crippen LogP contribution in [0.2, 0.25) is 20.1 Å². The van der Waals surface area contributed by atoms with Crippen LogP contribution in [0.3, 0.4) is 0 Å². The van der Waals surface area contributed by atoms with Crippen molar-refractivity contribution in [1.29, 1.82) is 5.41 Å². The number of pyridine rings is 2. The van der Waals surface area contributed by atoms with Crippen molar-refractivity contribution in [2.24, 2.45) is 4.99 Å². The molecule has 0 aliphatic carbocycles. The lowest BCUT2D eigenvalue weighted by molar-refractivity contribution is 0.101. The molecule has 0 bridgehead atoms. The monoisotopic (exact) mass is 1960 g/mol. The highest BCUT2D eigenvalue weighted by Crippen LogP contribution is 2.37. The number of fused-ring (bicyclic) bond motifs is 3. The number of hydrogen-bond donors (Lipinski definition) is 8. The number of nitrogens with zero attached hydrogens (tertiary/aromatic N) is 9. The fourth-order valence-corrected chi connectivity index (χ4v) is 16.4. The number of hydrogen-bond acceptors (Lipinski definition) is 18. The van der Waals surface area contributed by atoms with Crippen LogP contribution in [-0.4, -0.2) is 99.4 Å². The number of amides is 7. The molecule has 0 spiro atoms. The number of benzene rings is 14. The fraction of sp³-hybridized carbons (Fsp3) is 0.0351. The van der Waals surface area contributed by atoms with Gasteiger partial charge < -0.3 is 37.2 Å². The summed E-state index contributed by atoms with van der Waals surface area (Å²) in [5.74, 6) is -2.73. The van der Waals surface area contributed by atoms with Crippen LogP contribution in [0.15, 0.2) is 376 Å². The van der Waals surface area contributed by atoms with Crippen molar-refractivity contribution >= 4 is 184 Å². The summed E-state index contributed by atoms with van der Waals surface area (Å²) < 4.78 is 0. The number of carbonyl (C=O) groups excluding carboxylic acids is 8. The Morgan fingerprint density at radius 2 is 0.608 bits per heavy atom. The van der Waals surface area contributed by atoms with Gasteiger partial charge in [0.2, 0.25) is 0 Å². The quantitative estimate of drug-likeness (QED) is 0.0231. The van der Waals surface area contributed by atoms with Crippen molar-refractivity contribution in [2.45, 2.75) is 27.7 Å². The molecule has 5 heterocycles. The molecular weight excluding hydrogens is 1880 g/mol. The van der Waals surface area contributed by atoms with Gasteiger partial charge in [0.05, 0.1) is 99.3 Å². The van der Waals surface area contributed by atoms with Gasteiger partial charge in [0.1, 0.15) is 19.0 Å². The third kappa shape index (κ3) is 23.8. The highest BCUT2D eigenvalue weighted by atomic mass is 35.5. The smallest absolute Gasteiger partial charge is 0.257 e. The number of rotatable bonds is 22. The molecule has 0 saturated heterocycles. The number of para-hydroxylation sites is 5. The van der Waals surface area contributed by atoms with E-state index in [9.17, 15) is 38.4 Å². The molecule has 0 saturated carbocycles. The number of halogens is 4. The van der Waals surface area contributed by atoms with E-state index in [0.29, 0.717) is 84.4 Å². The lowest BCUT2D eigenvalue weighted by Gasteiger charge is -2.13. The standard InChI is InChI=1S/C29H21ClN4O2.C29H22ClN3O2.2C28H20ClN5O2/c1-18-11-13-21(16-24(18)27-23-9-5-6-10-26(23)31-17-32-27)34-29(36)22-14-12-19(15-25(22)30)28(35)33-20-7-3-2-4-8-20;1-18-12-14-21(17-24(18)27(31)23-10-6-7-11-26(23)32-2)33-29(35)22-15-13-20(16-25(22)30)28(34)19-8-4-3-5-9-19;1-17-8-10-19(14-23(17)26-22-6-2-3-7-25(22)31-16-32-26)33-28(36)21-11-9-18(13-24(21)29)27(35)34-20-5-4-12-30-15-20;1-17-6-8-20(15-23(17)26-22-4-2-3-5-25(22)31-16-32-26)34-28(36)21-9-7-18(14-24(21)29)27(35)33-19-10-12-30-13-11-19/h2-17H,1H3,(H,33,35)(H,34,36);3-17,31H,2H2,1H3,(H,33,35);2-16H,1H3,(H,33,36)(H,34,35);2-16H,1H3,(H,34,36)(H,30,33,35). The fourth-order valence-electron chi connectivity index (χ4n) is 15.4. The van der Waals surface area contributed by atoms with Gasteiger partial charge in [0.15, 0.2) is 5.78 Å². The summed E-state index contributed by atoms with van der Waals surface area (Å²) in [4.78, 5) is 141. The maximum absolute atomic E-state index is 13.0. The predicted molar refractivity (Wildman–Crippen MR) is 568 cm³/mol. The minimum Gasteiger partial charge on any atom is -0.322 e. The average molecular weight is 1960 g/mol. The summed E-state index contributed by atoms with van der Waals surface area (Å²) in [6.07, 6.45) is 10.9. The highest BCUT2D eigenvalue weighted by Gasteiger charge is 2.24. The lowest BCUT2D eigenvalue weighted by atomic mass is 9.96. The van der Waals surface area contributed by atoms with Crippen LogP contribution in [0.5, 0.6) is 0 Å². The molecule has 19 aromatic rings. The van der Waals surface area contributed by atoms with E-state index in [1.807, 2.05) is 204 Å². The maximum atomic E-state index is 13.0. The van der Waals surface area contributed by atoms with E-state index in [4.69, 9.17) is 51.8 Å². The zero-order chi connectivity index (χ0) is 100. The molecule has 14 aromatic carbocycles. The number of carbonyl (C=O) groups is 8. The first kappa shape index (κ1) is 97.9. The van der Waals surface area contributed by atoms with Gasteiger partial charge in [-0.15, -0.1) is 0 Å². The molecule has 0 aliphatic heterocycles. The minimum absolute atomic E-state index is 0.167. The second-order valence-corrected chi connectivity index (χ2v) is 34.0. The van der Waals surface area contributed by atoms with Crippen LogP contribution in [0.4, 0.5) is 45.5 Å². The molecule has 8 N–H and O–H groups in total. The van der Waals surface area contributed by atoms with Crippen LogP contribution in [0, 0.1) is 33.1 Å². The van der Waals surface area contributed by atoms with Crippen molar-refractivity contribution in [2.75, 3.05) is 37.2 Å². The van der Waals surface area contributed by atoms with E-state index in [1.165, 1.54) is 61.4 Å². The molecule has 7 amide bonds. The Kier molecular flexibility index (Phi) is 31.1. The molecule has 143 heavy (non-hydrogen) atoms. The summed E-state index contributed by atoms with van der Waals surface area (Å²) in [7, 11) is 0. The van der Waals surface area contributed by atoms with E-state index in [0.717, 1.165) is 88.7 Å². The van der Waals surface area contributed by atoms with Crippen molar-refractivity contribution in [3.05, 3.63) is 475 Å². The molecule has 25 nitrogen and oxygen atoms in total. The molecule has 0 radical (unpaired) electrons. The summed E-state index contributed by atoms with van der Waals surface area (Å²) >= 11 is 25.5. The second-order valence-electron chi connectivity index (χ2n) is 32.4. The molecule has 0 unspecified atom stereocenters. The molecule has 700 valence electrons. The number of aliphatic imine (C=N–C) groups is 1. The molecule has 19 rings (SSSR count). The molecular formula is C114H83Cl4N17O8. The molecule has 0 aliphatic rings. The van der Waals surface area contributed by atoms with E-state index in [2.05, 4.69) is 88.8 Å². The Bertz CT molecular complexity index is 7580. The van der Waals surface area contributed by atoms with Gasteiger partial charge in [-0.1, -0.05) is 198 Å². The van der Waals surface area contributed by atoms with Crippen molar-refractivity contribution in [1.82, 2.24) is 39.9 Å². The van der Waals surface area contributed by atoms with E-state index in [1.54, 1.807) is 134 Å². The molecule has 0 atom stereocenters. The summed E-state index contributed by atoms with van der Waals surface area (Å²) in [6.45, 7) is 11.5. The average Bonchev–Trinajstić information content (AvgIpc) is 0.794. The number of aryl methyl sites for hydroxylation is 4. The summed E-state index contributed by atoms with van der Waals surface area (Å²) in [6, 6.07) is 96.1. The van der Waals surface area contributed by atoms with E-state index >= 15 is 0 Å². The first-order valence-corrected chi connectivity index (χ1v) is 45.9. The molecule has 0 fully saturated rings. The van der Waals surface area contributed by atoms with Crippen LogP contribution < -0.4 is 37.2 Å². The predicted octanol–water partition coefficient (Wildman–Crippen LogP) is 26.0. The zero-order valence-electron chi connectivity index (χ0n) is 76.7. The second kappa shape index (κ2) is 45.4. The number of nitrogens with one attached hydrogen (secondary N) is 8. The minimum atomic E-state index is -0.414. The maximum Gasteiger partial charge on any atom is 0.257 e. The number of ketones is 1. The number of anilines is 7. The Balaban J connectivity index is 0.000000137. The third-order valence-electron chi connectivity index (χ3n) is 22.8. The first-order chi connectivity index (χ1) is 69.4. The van der Waals surface area contributed by atoms with Gasteiger partial charge in [-0.05, 0) is 233 Å². The van der Waals surface area contributed by atoms with E-state index < -0.39 is 5.91 Å². The van der Waals surface area contributed by atoms with Crippen LogP contribution in [-0.2, 0) is 0 Å². The lowest BCUT2D eigenvalue weighted by Crippen LogP contribution is -2.15. The van der Waals surface area contributed by atoms with Gasteiger partial charge in [-0.25, -0.2) is 29.9 Å². The number of aromatic nitrogens is 8. The summed E-state index contributed by atoms with van der Waals surface area (Å²) in [5, 5.41) is 32.0. The Morgan fingerprint density at radius 1 is 0.273 bits per heavy atom.